The van der Waals surface area contributed by atoms with Gasteiger partial charge in [-0.1, -0.05) is 158 Å². The van der Waals surface area contributed by atoms with E-state index in [0.717, 1.165) is 12.8 Å². The lowest BCUT2D eigenvalue weighted by molar-refractivity contribution is 0.117. The first kappa shape index (κ1) is 35.3. The van der Waals surface area contributed by atoms with Crippen LogP contribution < -0.4 is 0 Å². The fourth-order valence-corrected chi connectivity index (χ4v) is 6.16. The minimum absolute atomic E-state index is 0.0574. The maximum atomic E-state index is 10.1. The van der Waals surface area contributed by atoms with E-state index in [4.69, 9.17) is 0 Å². The van der Waals surface area contributed by atoms with Gasteiger partial charge in [0.15, 0.2) is 0 Å². The van der Waals surface area contributed by atoms with Crippen LogP contribution in [0, 0.1) is 22.7 Å². The van der Waals surface area contributed by atoms with Gasteiger partial charge in [-0.2, -0.15) is 0 Å². The average Bonchev–Trinajstić information content (AvgIpc) is 2.84. The molecule has 0 radical (unpaired) electrons. The van der Waals surface area contributed by atoms with E-state index in [2.05, 4.69) is 154 Å². The summed E-state index contributed by atoms with van der Waals surface area (Å²) in [4.78, 5) is 0. The van der Waals surface area contributed by atoms with Crippen molar-refractivity contribution in [2.45, 2.75) is 94.3 Å². The van der Waals surface area contributed by atoms with Crippen LogP contribution in [0.25, 0.3) is 0 Å². The molecule has 0 aromatic heterocycles. The Hall–Kier alpha value is -2.94. The summed E-state index contributed by atoms with van der Waals surface area (Å²) >= 11 is 0. The minimum Gasteiger partial charge on any atom is -0.389 e. The first-order valence-corrected chi connectivity index (χ1v) is 15.4. The highest BCUT2D eigenvalue weighted by molar-refractivity contribution is 5.33. The SMILES string of the molecule is CC1=C[C@@H](O)CC(C)(C)C1/C=C/C(C)=C/C=C/C(C)=C/C=C/C=C(C)/C=C/C=C(C)/C=C/C1C(C)=C[C@@H](O)CC1(C)C. The van der Waals surface area contributed by atoms with Crippen LogP contribution in [0.3, 0.4) is 0 Å². The van der Waals surface area contributed by atoms with Gasteiger partial charge in [0, 0.05) is 11.8 Å². The predicted molar refractivity (Wildman–Crippen MR) is 184 cm³/mol. The molecule has 0 aromatic rings. The quantitative estimate of drug-likeness (QED) is 0.203. The second-order valence-electron chi connectivity index (χ2n) is 13.8. The third kappa shape index (κ3) is 11.7. The Morgan fingerprint density at radius 3 is 1.21 bits per heavy atom. The Kier molecular flexibility index (Phi) is 13.5. The molecule has 2 rings (SSSR count). The van der Waals surface area contributed by atoms with Crippen molar-refractivity contribution in [3.05, 3.63) is 131 Å². The lowest BCUT2D eigenvalue weighted by Gasteiger charge is -2.38. The number of allylic oxidation sites excluding steroid dienone is 20. The van der Waals surface area contributed by atoms with E-state index in [9.17, 15) is 10.2 Å². The van der Waals surface area contributed by atoms with Crippen molar-refractivity contribution in [2.24, 2.45) is 22.7 Å². The lowest BCUT2D eigenvalue weighted by atomic mass is 9.67. The van der Waals surface area contributed by atoms with E-state index < -0.39 is 0 Å². The van der Waals surface area contributed by atoms with Gasteiger partial charge in [-0.3, -0.25) is 0 Å². The zero-order valence-electron chi connectivity index (χ0n) is 27.9. The largest absolute Gasteiger partial charge is 0.389 e. The van der Waals surface area contributed by atoms with Crippen LogP contribution in [-0.4, -0.2) is 22.4 Å². The Bertz CT molecular complexity index is 1160. The van der Waals surface area contributed by atoms with Gasteiger partial charge in [0.05, 0.1) is 12.2 Å². The maximum Gasteiger partial charge on any atom is 0.0729 e. The second-order valence-corrected chi connectivity index (χ2v) is 13.8. The van der Waals surface area contributed by atoms with Crippen LogP contribution >= 0.6 is 0 Å². The summed E-state index contributed by atoms with van der Waals surface area (Å²) in [5.74, 6) is 0.696. The number of aliphatic hydroxyl groups is 2. The highest BCUT2D eigenvalue weighted by Crippen LogP contribution is 2.42. The third-order valence-corrected chi connectivity index (χ3v) is 8.41. The molecular formula is C40H56O2. The van der Waals surface area contributed by atoms with E-state index in [1.807, 2.05) is 12.2 Å². The van der Waals surface area contributed by atoms with E-state index >= 15 is 0 Å². The Morgan fingerprint density at radius 1 is 0.571 bits per heavy atom. The van der Waals surface area contributed by atoms with Crippen LogP contribution in [0.5, 0.6) is 0 Å². The van der Waals surface area contributed by atoms with Gasteiger partial charge in [-0.25, -0.2) is 0 Å². The first-order valence-electron chi connectivity index (χ1n) is 15.4. The van der Waals surface area contributed by atoms with E-state index in [0.29, 0.717) is 11.8 Å². The first-order chi connectivity index (χ1) is 19.6. The minimum atomic E-state index is -0.331. The second kappa shape index (κ2) is 16.1. The maximum absolute atomic E-state index is 10.1. The molecule has 0 aliphatic heterocycles. The normalized spacial score (nSPS) is 28.1. The fourth-order valence-electron chi connectivity index (χ4n) is 6.16. The fraction of sp³-hybridized carbons (Fsp3) is 0.450. The molecule has 0 amide bonds. The standard InChI is InChI=1S/C40H56O2/c1-29(17-13-19-31(3)21-23-37-33(5)25-35(41)27-39(37,7)8)15-11-12-16-30(2)18-14-20-32(4)22-24-38-34(6)26-36(42)28-40(38,9)10/h11-26,35-38,41-42H,27-28H2,1-10H3/b12-11+,17-13+,18-14+,23-21+,24-22+,29-15+,30-16+,31-19+,32-20+/t35-,36-,37?,38?/m1/s1. The summed E-state index contributed by atoms with van der Waals surface area (Å²) in [6.45, 7) is 21.6. The zero-order chi connectivity index (χ0) is 31.5. The predicted octanol–water partition coefficient (Wildman–Crippen LogP) is 10.3. The smallest absolute Gasteiger partial charge is 0.0729 e. The summed E-state index contributed by atoms with van der Waals surface area (Å²) in [5.41, 5.74) is 7.40. The van der Waals surface area contributed by atoms with Crippen LogP contribution in [0.15, 0.2) is 131 Å². The van der Waals surface area contributed by atoms with Gasteiger partial charge >= 0.3 is 0 Å². The van der Waals surface area contributed by atoms with Gasteiger partial charge < -0.3 is 10.2 Å². The van der Waals surface area contributed by atoms with Gasteiger partial charge in [-0.05, 0) is 65.2 Å². The molecule has 2 heteroatoms. The summed E-state index contributed by atoms with van der Waals surface area (Å²) in [6, 6.07) is 0. The highest BCUT2D eigenvalue weighted by atomic mass is 16.3. The number of rotatable bonds is 10. The molecule has 4 atom stereocenters. The highest BCUT2D eigenvalue weighted by Gasteiger charge is 2.35. The molecule has 2 N–H and O–H groups in total. The van der Waals surface area contributed by atoms with Crippen LogP contribution in [0.2, 0.25) is 0 Å². The molecule has 0 heterocycles. The monoisotopic (exact) mass is 568 g/mol. The van der Waals surface area contributed by atoms with Crippen LogP contribution in [0.4, 0.5) is 0 Å². The van der Waals surface area contributed by atoms with E-state index in [1.165, 1.54) is 33.4 Å². The van der Waals surface area contributed by atoms with Crippen molar-refractivity contribution >= 4 is 0 Å². The molecular weight excluding hydrogens is 512 g/mol. The van der Waals surface area contributed by atoms with Crippen LogP contribution in [-0.2, 0) is 0 Å². The third-order valence-electron chi connectivity index (χ3n) is 8.41. The van der Waals surface area contributed by atoms with E-state index in [-0.39, 0.29) is 23.0 Å². The van der Waals surface area contributed by atoms with Crippen molar-refractivity contribution < 1.29 is 10.2 Å². The van der Waals surface area contributed by atoms with Crippen molar-refractivity contribution in [3.8, 4) is 0 Å². The molecule has 2 aliphatic carbocycles. The van der Waals surface area contributed by atoms with Crippen LogP contribution in [0.1, 0.15) is 82.1 Å². The van der Waals surface area contributed by atoms with Gasteiger partial charge in [0.25, 0.3) is 0 Å². The molecule has 2 unspecified atom stereocenters. The van der Waals surface area contributed by atoms with Gasteiger partial charge in [0.2, 0.25) is 0 Å². The molecule has 0 bridgehead atoms. The van der Waals surface area contributed by atoms with Crippen molar-refractivity contribution in [1.29, 1.82) is 0 Å². The molecule has 228 valence electrons. The molecule has 42 heavy (non-hydrogen) atoms. The summed E-state index contributed by atoms with van der Waals surface area (Å²) < 4.78 is 0. The van der Waals surface area contributed by atoms with Gasteiger partial charge in [-0.15, -0.1) is 0 Å². The molecule has 2 aliphatic rings. The van der Waals surface area contributed by atoms with Crippen molar-refractivity contribution in [3.63, 3.8) is 0 Å². The molecule has 0 saturated heterocycles. The summed E-state index contributed by atoms with van der Waals surface area (Å²) in [7, 11) is 0. The van der Waals surface area contributed by atoms with Gasteiger partial charge in [0.1, 0.15) is 0 Å². The molecule has 0 aromatic carbocycles. The number of aliphatic hydroxyl groups excluding tert-OH is 2. The Morgan fingerprint density at radius 2 is 0.881 bits per heavy atom. The van der Waals surface area contributed by atoms with Crippen molar-refractivity contribution in [1.82, 2.24) is 0 Å². The molecule has 0 spiro atoms. The molecule has 2 nitrogen and oxygen atoms in total. The van der Waals surface area contributed by atoms with E-state index in [1.54, 1.807) is 0 Å². The lowest BCUT2D eigenvalue weighted by Crippen LogP contribution is -2.32. The topological polar surface area (TPSA) is 40.5 Å². The Balaban J connectivity index is 1.89. The Labute approximate surface area is 257 Å². The number of hydrogen-bond donors (Lipinski definition) is 2. The molecule has 0 fully saturated rings. The average molecular weight is 569 g/mol. The molecule has 0 saturated carbocycles. The summed E-state index contributed by atoms with van der Waals surface area (Å²) in [6.07, 6.45) is 35.0. The number of hydrogen-bond acceptors (Lipinski definition) is 2. The van der Waals surface area contributed by atoms with Crippen molar-refractivity contribution in [2.75, 3.05) is 0 Å². The summed E-state index contributed by atoms with van der Waals surface area (Å²) in [5, 5.41) is 20.1. The zero-order valence-corrected chi connectivity index (χ0v) is 27.9.